The standard InChI is InChI=1S/C25H15Cl4N3O5/c26-18-7-3-14(10-20(18)28)30-22(33)12-37-16-5-1-13(2-6-16)9-17-23(34)31-25(36)32(24(17)35)15-4-8-19(27)21(29)11-15/h1-11H,12H2,(H,30,33)(H,31,34,36)/b17-9-. The number of halogens is 4. The van der Waals surface area contributed by atoms with Gasteiger partial charge in [0.05, 0.1) is 25.8 Å². The third kappa shape index (κ3) is 6.23. The summed E-state index contributed by atoms with van der Waals surface area (Å²) in [7, 11) is 0. The van der Waals surface area contributed by atoms with Crippen molar-refractivity contribution in [3.05, 3.63) is 91.9 Å². The van der Waals surface area contributed by atoms with Crippen molar-refractivity contribution in [3.63, 3.8) is 0 Å². The molecule has 8 nitrogen and oxygen atoms in total. The summed E-state index contributed by atoms with van der Waals surface area (Å²) in [6.07, 6.45) is 1.33. The number of benzene rings is 3. The van der Waals surface area contributed by atoms with Crippen LogP contribution in [-0.2, 0) is 14.4 Å². The number of carbonyl (C=O) groups excluding carboxylic acids is 4. The number of carbonyl (C=O) groups is 4. The van der Waals surface area contributed by atoms with E-state index in [2.05, 4.69) is 10.6 Å². The van der Waals surface area contributed by atoms with Crippen molar-refractivity contribution in [1.82, 2.24) is 5.32 Å². The number of barbiturate groups is 1. The number of ether oxygens (including phenoxy) is 1. The average Bonchev–Trinajstić information content (AvgIpc) is 2.85. The van der Waals surface area contributed by atoms with Crippen molar-refractivity contribution in [2.24, 2.45) is 0 Å². The first kappa shape index (κ1) is 26.5. The zero-order valence-electron chi connectivity index (χ0n) is 18.6. The number of hydrogen-bond donors (Lipinski definition) is 2. The molecule has 3 aromatic rings. The second-order valence-corrected chi connectivity index (χ2v) is 9.22. The Hall–Kier alpha value is -3.56. The van der Waals surface area contributed by atoms with Crippen LogP contribution in [0, 0.1) is 0 Å². The van der Waals surface area contributed by atoms with Gasteiger partial charge >= 0.3 is 6.03 Å². The number of rotatable bonds is 6. The number of nitrogens with zero attached hydrogens (tertiary/aromatic N) is 1. The lowest BCUT2D eigenvalue weighted by molar-refractivity contribution is -0.122. The highest BCUT2D eigenvalue weighted by molar-refractivity contribution is 6.43. The minimum atomic E-state index is -0.909. The highest BCUT2D eigenvalue weighted by Gasteiger charge is 2.37. The zero-order valence-corrected chi connectivity index (χ0v) is 21.6. The summed E-state index contributed by atoms with van der Waals surface area (Å²) in [5.74, 6) is -1.71. The van der Waals surface area contributed by atoms with E-state index in [1.54, 1.807) is 36.4 Å². The van der Waals surface area contributed by atoms with E-state index >= 15 is 0 Å². The van der Waals surface area contributed by atoms with Crippen LogP contribution in [-0.4, -0.2) is 30.4 Å². The van der Waals surface area contributed by atoms with Gasteiger partial charge in [-0.05, 0) is 60.2 Å². The Bertz CT molecular complexity index is 1460. The molecule has 2 N–H and O–H groups in total. The van der Waals surface area contributed by atoms with E-state index in [4.69, 9.17) is 51.1 Å². The van der Waals surface area contributed by atoms with Gasteiger partial charge in [0.15, 0.2) is 6.61 Å². The molecule has 1 aliphatic heterocycles. The van der Waals surface area contributed by atoms with Crippen LogP contribution in [0.2, 0.25) is 20.1 Å². The summed E-state index contributed by atoms with van der Waals surface area (Å²) < 4.78 is 5.48. The molecule has 0 aromatic heterocycles. The smallest absolute Gasteiger partial charge is 0.335 e. The van der Waals surface area contributed by atoms with Gasteiger partial charge in [-0.15, -0.1) is 0 Å². The molecule has 0 atom stereocenters. The van der Waals surface area contributed by atoms with Crippen LogP contribution in [0.4, 0.5) is 16.2 Å². The van der Waals surface area contributed by atoms with Crippen LogP contribution in [0.5, 0.6) is 5.75 Å². The van der Waals surface area contributed by atoms with E-state index < -0.39 is 23.8 Å². The van der Waals surface area contributed by atoms with Crippen molar-refractivity contribution >= 4 is 87.6 Å². The molecule has 0 radical (unpaired) electrons. The first-order valence-corrected chi connectivity index (χ1v) is 12.0. The fourth-order valence-electron chi connectivity index (χ4n) is 3.26. The monoisotopic (exact) mass is 577 g/mol. The Balaban J connectivity index is 1.43. The third-order valence-electron chi connectivity index (χ3n) is 5.03. The third-order valence-corrected chi connectivity index (χ3v) is 6.51. The summed E-state index contributed by atoms with van der Waals surface area (Å²) in [5.41, 5.74) is 0.835. The molecule has 0 unspecified atom stereocenters. The van der Waals surface area contributed by atoms with E-state index in [1.165, 1.54) is 30.3 Å². The number of hydrogen-bond acceptors (Lipinski definition) is 5. The van der Waals surface area contributed by atoms with E-state index in [-0.39, 0.29) is 27.9 Å². The molecule has 0 aliphatic carbocycles. The molecule has 3 aromatic carbocycles. The number of amides is 5. The maximum Gasteiger partial charge on any atom is 0.335 e. The van der Waals surface area contributed by atoms with Gasteiger partial charge in [-0.25, -0.2) is 9.69 Å². The lowest BCUT2D eigenvalue weighted by atomic mass is 10.1. The number of nitrogens with one attached hydrogen (secondary N) is 2. The average molecular weight is 579 g/mol. The fraction of sp³-hybridized carbons (Fsp3) is 0.0400. The van der Waals surface area contributed by atoms with Crippen molar-refractivity contribution in [2.45, 2.75) is 0 Å². The molecule has 0 saturated carbocycles. The van der Waals surface area contributed by atoms with Crippen molar-refractivity contribution in [2.75, 3.05) is 16.8 Å². The van der Waals surface area contributed by atoms with Gasteiger partial charge in [0, 0.05) is 5.69 Å². The molecule has 0 spiro atoms. The molecule has 4 rings (SSSR count). The summed E-state index contributed by atoms with van der Waals surface area (Å²) in [4.78, 5) is 50.6. The van der Waals surface area contributed by atoms with Gasteiger partial charge in [-0.1, -0.05) is 58.5 Å². The Morgan fingerprint density at radius 1 is 0.865 bits per heavy atom. The largest absolute Gasteiger partial charge is 0.484 e. The Morgan fingerprint density at radius 3 is 2.16 bits per heavy atom. The summed E-state index contributed by atoms with van der Waals surface area (Å²) in [6, 6.07) is 14.3. The Morgan fingerprint density at radius 2 is 1.51 bits per heavy atom. The molecule has 188 valence electrons. The minimum absolute atomic E-state index is 0.142. The van der Waals surface area contributed by atoms with Crippen LogP contribution in [0.25, 0.3) is 6.08 Å². The highest BCUT2D eigenvalue weighted by Crippen LogP contribution is 2.30. The second kappa shape index (κ2) is 11.2. The van der Waals surface area contributed by atoms with E-state index in [1.807, 2.05) is 0 Å². The van der Waals surface area contributed by atoms with Crippen LogP contribution < -0.4 is 20.3 Å². The zero-order chi connectivity index (χ0) is 26.7. The van der Waals surface area contributed by atoms with Crippen molar-refractivity contribution in [1.29, 1.82) is 0 Å². The predicted octanol–water partition coefficient (Wildman–Crippen LogP) is 5.98. The van der Waals surface area contributed by atoms with Gasteiger partial charge in [-0.2, -0.15) is 0 Å². The molecule has 1 fully saturated rings. The van der Waals surface area contributed by atoms with Crippen molar-refractivity contribution < 1.29 is 23.9 Å². The van der Waals surface area contributed by atoms with Crippen LogP contribution >= 0.6 is 46.4 Å². The molecule has 1 aliphatic rings. The molecular weight excluding hydrogens is 564 g/mol. The van der Waals surface area contributed by atoms with Crippen LogP contribution in [0.15, 0.2) is 66.2 Å². The lowest BCUT2D eigenvalue weighted by Gasteiger charge is -2.26. The highest BCUT2D eigenvalue weighted by atomic mass is 35.5. The fourth-order valence-corrected chi connectivity index (χ4v) is 3.85. The predicted molar refractivity (Wildman–Crippen MR) is 142 cm³/mol. The van der Waals surface area contributed by atoms with Crippen LogP contribution in [0.3, 0.4) is 0 Å². The quantitative estimate of drug-likeness (QED) is 0.276. The topological polar surface area (TPSA) is 105 Å². The van der Waals surface area contributed by atoms with Crippen molar-refractivity contribution in [3.8, 4) is 5.75 Å². The van der Waals surface area contributed by atoms with Gasteiger partial charge in [0.25, 0.3) is 17.7 Å². The minimum Gasteiger partial charge on any atom is -0.484 e. The summed E-state index contributed by atoms with van der Waals surface area (Å²) in [5, 5.41) is 5.83. The van der Waals surface area contributed by atoms with Gasteiger partial charge in [-0.3, -0.25) is 19.7 Å². The van der Waals surface area contributed by atoms with Gasteiger partial charge in [0.2, 0.25) is 0 Å². The second-order valence-electron chi connectivity index (χ2n) is 7.59. The SMILES string of the molecule is O=C(COc1ccc(/C=C2/C(=O)NC(=O)N(c3ccc(Cl)c(Cl)c3)C2=O)cc1)Nc1ccc(Cl)c(Cl)c1. The molecule has 5 amide bonds. The molecule has 1 heterocycles. The molecule has 0 bridgehead atoms. The van der Waals surface area contributed by atoms with E-state index in [0.717, 1.165) is 4.90 Å². The Kier molecular flexibility index (Phi) is 8.04. The lowest BCUT2D eigenvalue weighted by Crippen LogP contribution is -2.54. The number of urea groups is 1. The van der Waals surface area contributed by atoms with Gasteiger partial charge < -0.3 is 10.1 Å². The molecule has 12 heteroatoms. The molecular formula is C25H15Cl4N3O5. The van der Waals surface area contributed by atoms with Gasteiger partial charge in [0.1, 0.15) is 11.3 Å². The van der Waals surface area contributed by atoms with Crippen LogP contribution in [0.1, 0.15) is 5.56 Å². The first-order valence-electron chi connectivity index (χ1n) is 10.5. The first-order chi connectivity index (χ1) is 17.6. The molecule has 37 heavy (non-hydrogen) atoms. The maximum atomic E-state index is 13.0. The Labute approximate surface area is 230 Å². The summed E-state index contributed by atoms with van der Waals surface area (Å²) >= 11 is 23.7. The van der Waals surface area contributed by atoms with E-state index in [9.17, 15) is 19.2 Å². The molecule has 1 saturated heterocycles. The number of anilines is 2. The maximum absolute atomic E-state index is 13.0. The number of imide groups is 2. The summed E-state index contributed by atoms with van der Waals surface area (Å²) in [6.45, 7) is -0.275. The van der Waals surface area contributed by atoms with E-state index in [0.29, 0.717) is 27.0 Å². The normalized spacial score (nSPS) is 14.5.